The fourth-order valence-electron chi connectivity index (χ4n) is 3.14. The van der Waals surface area contributed by atoms with Gasteiger partial charge in [0.2, 0.25) is 10.0 Å². The molecule has 0 bridgehead atoms. The molecule has 1 heterocycles. The number of anilines is 1. The monoisotopic (exact) mass is 387 g/mol. The Morgan fingerprint density at radius 1 is 1.00 bits per heavy atom. The molecule has 2 aromatic rings. The zero-order valence-corrected chi connectivity index (χ0v) is 16.4. The van der Waals surface area contributed by atoms with Gasteiger partial charge in [0.05, 0.1) is 4.90 Å². The van der Waals surface area contributed by atoms with Gasteiger partial charge in [-0.05, 0) is 62.1 Å². The van der Waals surface area contributed by atoms with Crippen LogP contribution in [0.4, 0.5) is 10.5 Å². The Kier molecular flexibility index (Phi) is 5.82. The van der Waals surface area contributed by atoms with Crippen LogP contribution in [0.1, 0.15) is 24.0 Å². The van der Waals surface area contributed by atoms with Gasteiger partial charge >= 0.3 is 6.03 Å². The second kappa shape index (κ2) is 8.10. The highest BCUT2D eigenvalue weighted by molar-refractivity contribution is 7.89. The summed E-state index contributed by atoms with van der Waals surface area (Å²) in [7, 11) is -3.50. The molecule has 0 saturated carbocycles. The van der Waals surface area contributed by atoms with Crippen LogP contribution in [0.2, 0.25) is 0 Å². The molecule has 0 aliphatic carbocycles. The molecule has 6 nitrogen and oxygen atoms in total. The quantitative estimate of drug-likeness (QED) is 0.845. The Balaban J connectivity index is 1.56. The van der Waals surface area contributed by atoms with Gasteiger partial charge < -0.3 is 10.6 Å². The molecule has 0 aromatic heterocycles. The molecule has 2 N–H and O–H groups in total. The summed E-state index contributed by atoms with van der Waals surface area (Å²) in [6.07, 6.45) is 1.18. The summed E-state index contributed by atoms with van der Waals surface area (Å²) in [6.45, 7) is 4.66. The molecule has 0 atom stereocenters. The minimum Gasteiger partial charge on any atom is -0.335 e. The lowest BCUT2D eigenvalue weighted by Gasteiger charge is -2.31. The number of aryl methyl sites for hydroxylation is 2. The lowest BCUT2D eigenvalue weighted by Crippen LogP contribution is -2.47. The molecule has 27 heavy (non-hydrogen) atoms. The first kappa shape index (κ1) is 19.4. The predicted octanol–water partition coefficient (Wildman–Crippen LogP) is 3.28. The summed E-state index contributed by atoms with van der Waals surface area (Å²) in [5, 5.41) is 5.71. The molecule has 2 amide bonds. The van der Waals surface area contributed by atoms with Crippen LogP contribution in [0.3, 0.4) is 0 Å². The number of carbonyl (C=O) groups excluding carboxylic acids is 1. The Bertz CT molecular complexity index is 905. The minimum absolute atomic E-state index is 0.0417. The number of hydrogen-bond acceptors (Lipinski definition) is 3. The van der Waals surface area contributed by atoms with Crippen molar-refractivity contribution in [3.63, 3.8) is 0 Å². The van der Waals surface area contributed by atoms with Crippen molar-refractivity contribution in [2.45, 2.75) is 37.6 Å². The number of benzene rings is 2. The molecule has 1 aliphatic heterocycles. The van der Waals surface area contributed by atoms with E-state index in [0.29, 0.717) is 30.8 Å². The molecular weight excluding hydrogens is 362 g/mol. The van der Waals surface area contributed by atoms with Gasteiger partial charge in [-0.2, -0.15) is 4.31 Å². The van der Waals surface area contributed by atoms with Gasteiger partial charge in [0.15, 0.2) is 0 Å². The zero-order chi connectivity index (χ0) is 19.4. The standard InChI is InChI=1S/C20H25N3O3S/c1-15-8-9-19(14-16(15)2)27(25,26)23-12-10-18(11-13-23)22-20(24)21-17-6-4-3-5-7-17/h3-9,14,18H,10-13H2,1-2H3,(H2,21,22,24). The third-order valence-corrected chi connectivity index (χ3v) is 6.83. The van der Waals surface area contributed by atoms with Crippen LogP contribution in [-0.4, -0.2) is 37.9 Å². The maximum atomic E-state index is 12.8. The number of hydrogen-bond donors (Lipinski definition) is 2. The molecule has 3 rings (SSSR count). The first-order valence-electron chi connectivity index (χ1n) is 9.06. The van der Waals surface area contributed by atoms with Gasteiger partial charge in [-0.1, -0.05) is 24.3 Å². The number of nitrogens with one attached hydrogen (secondary N) is 2. The van der Waals surface area contributed by atoms with Crippen molar-refractivity contribution in [2.75, 3.05) is 18.4 Å². The van der Waals surface area contributed by atoms with E-state index in [0.717, 1.165) is 16.8 Å². The summed E-state index contributed by atoms with van der Waals surface area (Å²) >= 11 is 0. The number of para-hydroxylation sites is 1. The largest absolute Gasteiger partial charge is 0.335 e. The summed E-state index contributed by atoms with van der Waals surface area (Å²) in [5.41, 5.74) is 2.76. The molecule has 0 radical (unpaired) electrons. The fourth-order valence-corrected chi connectivity index (χ4v) is 4.69. The normalized spacial score (nSPS) is 16.1. The van der Waals surface area contributed by atoms with Crippen molar-refractivity contribution in [3.8, 4) is 0 Å². The second-order valence-corrected chi connectivity index (χ2v) is 8.83. The molecule has 1 saturated heterocycles. The molecule has 0 spiro atoms. The van der Waals surface area contributed by atoms with Crippen molar-refractivity contribution in [1.82, 2.24) is 9.62 Å². The molecule has 7 heteroatoms. The average molecular weight is 388 g/mol. The van der Waals surface area contributed by atoms with Crippen LogP contribution in [0.5, 0.6) is 0 Å². The molecule has 0 unspecified atom stereocenters. The number of carbonyl (C=O) groups is 1. The van der Waals surface area contributed by atoms with Crippen LogP contribution < -0.4 is 10.6 Å². The van der Waals surface area contributed by atoms with E-state index < -0.39 is 10.0 Å². The number of rotatable bonds is 4. The van der Waals surface area contributed by atoms with Gasteiger partial charge in [0, 0.05) is 24.8 Å². The van der Waals surface area contributed by atoms with Gasteiger partial charge in [-0.3, -0.25) is 0 Å². The van der Waals surface area contributed by atoms with Gasteiger partial charge in [-0.25, -0.2) is 13.2 Å². The van der Waals surface area contributed by atoms with E-state index in [1.807, 2.05) is 50.2 Å². The lowest BCUT2D eigenvalue weighted by molar-refractivity contribution is 0.238. The van der Waals surface area contributed by atoms with Crippen LogP contribution >= 0.6 is 0 Å². The zero-order valence-electron chi connectivity index (χ0n) is 15.6. The molecule has 2 aromatic carbocycles. The number of piperidine rings is 1. The van der Waals surface area contributed by atoms with Gasteiger partial charge in [0.25, 0.3) is 0 Å². The van der Waals surface area contributed by atoms with Crippen LogP contribution in [0.25, 0.3) is 0 Å². The van der Waals surface area contributed by atoms with Crippen molar-refractivity contribution < 1.29 is 13.2 Å². The maximum absolute atomic E-state index is 12.8. The third-order valence-electron chi connectivity index (χ3n) is 4.94. The molecular formula is C20H25N3O3S. The van der Waals surface area contributed by atoms with Crippen molar-refractivity contribution in [2.24, 2.45) is 0 Å². The highest BCUT2D eigenvalue weighted by Crippen LogP contribution is 2.22. The van der Waals surface area contributed by atoms with Crippen molar-refractivity contribution in [3.05, 3.63) is 59.7 Å². The van der Waals surface area contributed by atoms with Crippen molar-refractivity contribution >= 4 is 21.7 Å². The predicted molar refractivity (Wildman–Crippen MR) is 106 cm³/mol. The van der Waals surface area contributed by atoms with Gasteiger partial charge in [-0.15, -0.1) is 0 Å². The Morgan fingerprint density at radius 3 is 2.30 bits per heavy atom. The van der Waals surface area contributed by atoms with Crippen LogP contribution in [-0.2, 0) is 10.0 Å². The topological polar surface area (TPSA) is 78.5 Å². The Morgan fingerprint density at radius 2 is 1.67 bits per heavy atom. The first-order valence-corrected chi connectivity index (χ1v) is 10.5. The molecule has 1 aliphatic rings. The van der Waals surface area contributed by atoms with E-state index in [9.17, 15) is 13.2 Å². The second-order valence-electron chi connectivity index (χ2n) is 6.89. The highest BCUT2D eigenvalue weighted by atomic mass is 32.2. The maximum Gasteiger partial charge on any atom is 0.319 e. The van der Waals surface area contributed by atoms with Crippen molar-refractivity contribution in [1.29, 1.82) is 0 Å². The van der Waals surface area contributed by atoms with E-state index in [1.165, 1.54) is 4.31 Å². The number of urea groups is 1. The summed E-state index contributed by atoms with van der Waals surface area (Å²) in [5.74, 6) is 0. The van der Waals surface area contributed by atoms with Crippen LogP contribution in [0, 0.1) is 13.8 Å². The first-order chi connectivity index (χ1) is 12.9. The van der Waals surface area contributed by atoms with E-state index in [1.54, 1.807) is 12.1 Å². The van der Waals surface area contributed by atoms with Gasteiger partial charge in [0.1, 0.15) is 0 Å². The summed E-state index contributed by atoms with van der Waals surface area (Å²) in [6, 6.07) is 14.1. The summed E-state index contributed by atoms with van der Waals surface area (Å²) < 4.78 is 27.2. The molecule has 144 valence electrons. The van der Waals surface area contributed by atoms with Crippen LogP contribution in [0.15, 0.2) is 53.4 Å². The fraction of sp³-hybridized carbons (Fsp3) is 0.350. The Labute approximate surface area is 160 Å². The summed E-state index contributed by atoms with van der Waals surface area (Å²) in [4.78, 5) is 12.4. The van der Waals surface area contributed by atoms with E-state index in [2.05, 4.69) is 10.6 Å². The third kappa shape index (κ3) is 4.67. The lowest BCUT2D eigenvalue weighted by atomic mass is 10.1. The smallest absolute Gasteiger partial charge is 0.319 e. The highest BCUT2D eigenvalue weighted by Gasteiger charge is 2.30. The SMILES string of the molecule is Cc1ccc(S(=O)(=O)N2CCC(NC(=O)Nc3ccccc3)CC2)cc1C. The average Bonchev–Trinajstić information content (AvgIpc) is 2.65. The van der Waals surface area contributed by atoms with E-state index in [4.69, 9.17) is 0 Å². The number of sulfonamides is 1. The minimum atomic E-state index is -3.50. The number of amides is 2. The Hall–Kier alpha value is -2.38. The van der Waals surface area contributed by atoms with E-state index in [-0.39, 0.29) is 12.1 Å². The molecule has 1 fully saturated rings. The van der Waals surface area contributed by atoms with E-state index >= 15 is 0 Å². The number of nitrogens with zero attached hydrogens (tertiary/aromatic N) is 1.